The summed E-state index contributed by atoms with van der Waals surface area (Å²) < 4.78 is 31.6. The van der Waals surface area contributed by atoms with Crippen molar-refractivity contribution in [2.45, 2.75) is 12.6 Å². The highest BCUT2D eigenvalue weighted by atomic mass is 35.5. The highest BCUT2D eigenvalue weighted by molar-refractivity contribution is 5.85. The van der Waals surface area contributed by atoms with Gasteiger partial charge in [0.25, 0.3) is 5.91 Å². The SMILES string of the molecule is CN(Cc1ccc(F)cc1F)C(=O)C1CNCCO1.Cl. The van der Waals surface area contributed by atoms with Crippen LogP contribution in [0, 0.1) is 11.6 Å². The molecule has 7 heteroatoms. The largest absolute Gasteiger partial charge is 0.366 e. The number of amides is 1. The quantitative estimate of drug-likeness (QED) is 0.916. The minimum absolute atomic E-state index is 0. The summed E-state index contributed by atoms with van der Waals surface area (Å²) in [5.74, 6) is -1.49. The minimum Gasteiger partial charge on any atom is -0.366 e. The van der Waals surface area contributed by atoms with E-state index in [4.69, 9.17) is 4.74 Å². The van der Waals surface area contributed by atoms with E-state index in [1.807, 2.05) is 0 Å². The van der Waals surface area contributed by atoms with Gasteiger partial charge in [0.15, 0.2) is 0 Å². The number of carbonyl (C=O) groups excluding carboxylic acids is 1. The molecule has 1 saturated heterocycles. The van der Waals surface area contributed by atoms with Crippen LogP contribution in [0.5, 0.6) is 0 Å². The maximum Gasteiger partial charge on any atom is 0.253 e. The van der Waals surface area contributed by atoms with E-state index in [1.54, 1.807) is 7.05 Å². The van der Waals surface area contributed by atoms with E-state index in [0.717, 1.165) is 12.6 Å². The molecule has 0 spiro atoms. The van der Waals surface area contributed by atoms with Gasteiger partial charge in [-0.1, -0.05) is 6.07 Å². The van der Waals surface area contributed by atoms with Crippen molar-refractivity contribution in [2.75, 3.05) is 26.7 Å². The van der Waals surface area contributed by atoms with Crippen LogP contribution in [0.2, 0.25) is 0 Å². The molecule has 20 heavy (non-hydrogen) atoms. The number of ether oxygens (including phenoxy) is 1. The fourth-order valence-electron chi connectivity index (χ4n) is 1.95. The first-order valence-electron chi connectivity index (χ1n) is 6.09. The molecule has 1 aromatic carbocycles. The first-order valence-corrected chi connectivity index (χ1v) is 6.09. The summed E-state index contributed by atoms with van der Waals surface area (Å²) in [6, 6.07) is 3.33. The third kappa shape index (κ3) is 4.13. The Morgan fingerprint density at radius 1 is 1.50 bits per heavy atom. The van der Waals surface area contributed by atoms with E-state index in [1.165, 1.54) is 17.0 Å². The number of hydrogen-bond donors (Lipinski definition) is 1. The zero-order valence-electron chi connectivity index (χ0n) is 11.1. The Kier molecular flexibility index (Phi) is 6.32. The van der Waals surface area contributed by atoms with E-state index in [-0.39, 0.29) is 30.4 Å². The molecule has 1 aromatic rings. The van der Waals surface area contributed by atoms with Gasteiger partial charge < -0.3 is 15.0 Å². The Hall–Kier alpha value is -1.24. The summed E-state index contributed by atoms with van der Waals surface area (Å²) >= 11 is 0. The Morgan fingerprint density at radius 2 is 2.25 bits per heavy atom. The maximum atomic E-state index is 13.5. The molecule has 0 bridgehead atoms. The third-order valence-corrected chi connectivity index (χ3v) is 3.00. The van der Waals surface area contributed by atoms with E-state index in [9.17, 15) is 13.6 Å². The highest BCUT2D eigenvalue weighted by Gasteiger charge is 2.25. The number of hydrogen-bond acceptors (Lipinski definition) is 3. The van der Waals surface area contributed by atoms with Crippen molar-refractivity contribution in [1.29, 1.82) is 0 Å². The van der Waals surface area contributed by atoms with Crippen LogP contribution in [0.25, 0.3) is 0 Å². The van der Waals surface area contributed by atoms with Crippen LogP contribution in [0.3, 0.4) is 0 Å². The summed E-state index contributed by atoms with van der Waals surface area (Å²) in [5.41, 5.74) is 0.279. The zero-order chi connectivity index (χ0) is 13.8. The zero-order valence-corrected chi connectivity index (χ0v) is 11.9. The maximum absolute atomic E-state index is 13.5. The van der Waals surface area contributed by atoms with Crippen LogP contribution < -0.4 is 5.32 Å². The lowest BCUT2D eigenvalue weighted by molar-refractivity contribution is -0.144. The summed E-state index contributed by atoms with van der Waals surface area (Å²) in [6.45, 7) is 1.75. The van der Waals surface area contributed by atoms with Crippen molar-refractivity contribution in [1.82, 2.24) is 10.2 Å². The smallest absolute Gasteiger partial charge is 0.253 e. The lowest BCUT2D eigenvalue weighted by Crippen LogP contribution is -2.48. The van der Waals surface area contributed by atoms with Crippen molar-refractivity contribution in [3.8, 4) is 0 Å². The molecule has 1 N–H and O–H groups in total. The second kappa shape index (κ2) is 7.52. The average molecular weight is 307 g/mol. The van der Waals surface area contributed by atoms with Gasteiger partial charge >= 0.3 is 0 Å². The van der Waals surface area contributed by atoms with Crippen LogP contribution in [0.4, 0.5) is 8.78 Å². The summed E-state index contributed by atoms with van der Waals surface area (Å²) in [6.07, 6.45) is -0.540. The highest BCUT2D eigenvalue weighted by Crippen LogP contribution is 2.12. The first kappa shape index (κ1) is 16.8. The predicted octanol–water partition coefficient (Wildman–Crippen LogP) is 1.33. The van der Waals surface area contributed by atoms with E-state index in [0.29, 0.717) is 13.2 Å². The topological polar surface area (TPSA) is 41.6 Å². The summed E-state index contributed by atoms with van der Waals surface area (Å²) in [4.78, 5) is 13.4. The van der Waals surface area contributed by atoms with Crippen LogP contribution in [-0.2, 0) is 16.1 Å². The van der Waals surface area contributed by atoms with Gasteiger partial charge in [0.1, 0.15) is 17.7 Å². The van der Waals surface area contributed by atoms with E-state index in [2.05, 4.69) is 5.32 Å². The van der Waals surface area contributed by atoms with Crippen molar-refractivity contribution in [3.05, 3.63) is 35.4 Å². The molecule has 1 aliphatic heterocycles. The van der Waals surface area contributed by atoms with Gasteiger partial charge in [-0.05, 0) is 6.07 Å². The molecular weight excluding hydrogens is 290 g/mol. The molecule has 4 nitrogen and oxygen atoms in total. The number of nitrogens with one attached hydrogen (secondary N) is 1. The van der Waals surface area contributed by atoms with Gasteiger partial charge in [-0.25, -0.2) is 8.78 Å². The van der Waals surface area contributed by atoms with Gasteiger partial charge in [0.2, 0.25) is 0 Å². The normalized spacial score (nSPS) is 18.2. The molecule has 0 aliphatic carbocycles. The molecule has 1 unspecified atom stereocenters. The Balaban J connectivity index is 0.00000200. The van der Waals surface area contributed by atoms with E-state index >= 15 is 0 Å². The molecule has 0 radical (unpaired) electrons. The molecule has 0 saturated carbocycles. The summed E-state index contributed by atoms with van der Waals surface area (Å²) in [5, 5.41) is 3.06. The van der Waals surface area contributed by atoms with Gasteiger partial charge in [-0.2, -0.15) is 0 Å². The number of halogens is 3. The molecule has 1 fully saturated rings. The van der Waals surface area contributed by atoms with E-state index < -0.39 is 17.7 Å². The van der Waals surface area contributed by atoms with Gasteiger partial charge in [0.05, 0.1) is 6.61 Å². The van der Waals surface area contributed by atoms with Crippen molar-refractivity contribution in [3.63, 3.8) is 0 Å². The summed E-state index contributed by atoms with van der Waals surface area (Å²) in [7, 11) is 1.57. The Labute approximate surface area is 122 Å². The van der Waals surface area contributed by atoms with Crippen molar-refractivity contribution < 1.29 is 18.3 Å². The number of rotatable bonds is 3. The molecular formula is C13H17ClF2N2O2. The van der Waals surface area contributed by atoms with Crippen LogP contribution in [-0.4, -0.2) is 43.7 Å². The molecule has 1 heterocycles. The number of benzene rings is 1. The molecule has 2 rings (SSSR count). The molecule has 1 aliphatic rings. The van der Waals surface area contributed by atoms with Gasteiger partial charge in [-0.15, -0.1) is 12.4 Å². The number of nitrogens with zero attached hydrogens (tertiary/aromatic N) is 1. The second-order valence-corrected chi connectivity index (χ2v) is 4.49. The lowest BCUT2D eigenvalue weighted by atomic mass is 10.2. The van der Waals surface area contributed by atoms with Gasteiger partial charge in [0, 0.05) is 38.3 Å². The molecule has 1 atom stereocenters. The average Bonchev–Trinajstić information content (AvgIpc) is 2.42. The standard InChI is InChI=1S/C13H16F2N2O2.ClH/c1-17(13(18)12-7-16-4-5-19-12)8-9-2-3-10(14)6-11(9)15;/h2-3,6,12,16H,4-5,7-8H2,1H3;1H. The van der Waals surface area contributed by atoms with Crippen molar-refractivity contribution in [2.24, 2.45) is 0 Å². The Bertz CT molecular complexity index is 468. The minimum atomic E-state index is -0.651. The molecule has 1 amide bonds. The van der Waals surface area contributed by atoms with Crippen molar-refractivity contribution >= 4 is 18.3 Å². The number of carbonyl (C=O) groups is 1. The monoisotopic (exact) mass is 306 g/mol. The second-order valence-electron chi connectivity index (χ2n) is 4.49. The number of morpholine rings is 1. The third-order valence-electron chi connectivity index (χ3n) is 3.00. The lowest BCUT2D eigenvalue weighted by Gasteiger charge is -2.27. The molecule has 112 valence electrons. The Morgan fingerprint density at radius 3 is 2.85 bits per heavy atom. The predicted molar refractivity (Wildman–Crippen MR) is 72.7 cm³/mol. The fraction of sp³-hybridized carbons (Fsp3) is 0.462. The number of likely N-dealkylation sites (N-methyl/N-ethyl adjacent to an activating group) is 1. The fourth-order valence-corrected chi connectivity index (χ4v) is 1.95. The molecule has 0 aromatic heterocycles. The van der Waals surface area contributed by atoms with Crippen LogP contribution >= 0.6 is 12.4 Å². The van der Waals surface area contributed by atoms with Crippen LogP contribution in [0.1, 0.15) is 5.56 Å². The van der Waals surface area contributed by atoms with Gasteiger partial charge in [-0.3, -0.25) is 4.79 Å². The van der Waals surface area contributed by atoms with Crippen LogP contribution in [0.15, 0.2) is 18.2 Å². The first-order chi connectivity index (χ1) is 9.08.